The van der Waals surface area contributed by atoms with E-state index < -0.39 is 5.97 Å². The van der Waals surface area contributed by atoms with E-state index in [4.69, 9.17) is 10.8 Å². The van der Waals surface area contributed by atoms with E-state index in [9.17, 15) is 4.79 Å². The summed E-state index contributed by atoms with van der Waals surface area (Å²) in [5, 5.41) is 8.78. The van der Waals surface area contributed by atoms with Gasteiger partial charge in [0.15, 0.2) is 0 Å². The number of carboxylic acid groups (broad SMARTS) is 1. The van der Waals surface area contributed by atoms with Crippen molar-refractivity contribution in [2.75, 3.05) is 23.7 Å². The molecular weight excluding hydrogens is 192 g/mol. The third-order valence-corrected chi connectivity index (χ3v) is 2.43. The van der Waals surface area contributed by atoms with Crippen molar-refractivity contribution < 1.29 is 9.90 Å². The molecule has 0 bridgehead atoms. The predicted molar refractivity (Wildman–Crippen MR) is 59.2 cm³/mol. The highest BCUT2D eigenvalue weighted by Crippen LogP contribution is 2.25. The molecule has 0 fully saturated rings. The fraction of sp³-hybridized carbons (Fsp3) is 0.182. The van der Waals surface area contributed by atoms with Gasteiger partial charge in [-0.3, -0.25) is 0 Å². The minimum atomic E-state index is -0.951. The minimum absolute atomic E-state index is 0.225. The maximum Gasteiger partial charge on any atom is 0.335 e. The summed E-state index contributed by atoms with van der Waals surface area (Å²) in [4.78, 5) is 12.8. The van der Waals surface area contributed by atoms with Gasteiger partial charge in [-0.25, -0.2) is 4.79 Å². The maximum atomic E-state index is 10.7. The average molecular weight is 204 g/mol. The first kappa shape index (κ1) is 9.58. The summed E-state index contributed by atoms with van der Waals surface area (Å²) >= 11 is 0. The highest BCUT2D eigenvalue weighted by molar-refractivity contribution is 5.90. The van der Waals surface area contributed by atoms with Gasteiger partial charge in [0.2, 0.25) is 0 Å². The third kappa shape index (κ3) is 1.79. The Morgan fingerprint density at radius 3 is 2.53 bits per heavy atom. The van der Waals surface area contributed by atoms with E-state index in [1.54, 1.807) is 12.1 Å². The Bertz CT molecular complexity index is 419. The topological polar surface area (TPSA) is 66.6 Å². The van der Waals surface area contributed by atoms with Gasteiger partial charge < -0.3 is 15.7 Å². The normalized spacial score (nSPS) is 14.5. The second-order valence-corrected chi connectivity index (χ2v) is 3.46. The van der Waals surface area contributed by atoms with E-state index in [2.05, 4.69) is 17.1 Å². The highest BCUT2D eigenvalue weighted by atomic mass is 16.4. The third-order valence-electron chi connectivity index (χ3n) is 2.43. The zero-order valence-electron chi connectivity index (χ0n) is 8.18. The molecule has 0 radical (unpaired) electrons. The number of rotatable bonds is 2. The quantitative estimate of drug-likeness (QED) is 0.563. The zero-order valence-corrected chi connectivity index (χ0v) is 8.18. The van der Waals surface area contributed by atoms with Gasteiger partial charge in [-0.1, -0.05) is 12.2 Å². The number of carboxylic acids is 1. The molecule has 0 aromatic heterocycles. The monoisotopic (exact) mass is 204 g/mol. The van der Waals surface area contributed by atoms with Gasteiger partial charge in [0.1, 0.15) is 0 Å². The average Bonchev–Trinajstić information content (AvgIpc) is 2.70. The van der Waals surface area contributed by atoms with Crippen LogP contribution in [-0.4, -0.2) is 24.2 Å². The number of hydrogen-bond acceptors (Lipinski definition) is 3. The van der Waals surface area contributed by atoms with Crippen LogP contribution in [0.3, 0.4) is 0 Å². The summed E-state index contributed by atoms with van der Waals surface area (Å²) in [5.41, 5.74) is 7.44. The molecule has 1 aromatic rings. The molecule has 1 heterocycles. The Hall–Kier alpha value is -1.97. The number of nitrogen functional groups attached to an aromatic ring is 1. The number of aromatic carboxylic acids is 1. The lowest BCUT2D eigenvalue weighted by Gasteiger charge is -2.19. The lowest BCUT2D eigenvalue weighted by Crippen LogP contribution is -2.20. The van der Waals surface area contributed by atoms with Crippen molar-refractivity contribution in [1.82, 2.24) is 0 Å². The number of anilines is 2. The lowest BCUT2D eigenvalue weighted by atomic mass is 10.1. The fourth-order valence-corrected chi connectivity index (χ4v) is 1.65. The van der Waals surface area contributed by atoms with Crippen LogP contribution in [-0.2, 0) is 0 Å². The van der Waals surface area contributed by atoms with Gasteiger partial charge in [-0.2, -0.15) is 0 Å². The molecule has 4 heteroatoms. The largest absolute Gasteiger partial charge is 0.478 e. The summed E-state index contributed by atoms with van der Waals surface area (Å²) in [6, 6.07) is 4.83. The molecule has 1 aromatic carbocycles. The Morgan fingerprint density at radius 1 is 1.33 bits per heavy atom. The van der Waals surface area contributed by atoms with E-state index >= 15 is 0 Å². The summed E-state index contributed by atoms with van der Waals surface area (Å²) in [7, 11) is 0. The maximum absolute atomic E-state index is 10.7. The molecule has 0 atom stereocenters. The molecule has 3 N–H and O–H groups in total. The van der Waals surface area contributed by atoms with E-state index in [0.29, 0.717) is 5.69 Å². The van der Waals surface area contributed by atoms with E-state index in [0.717, 1.165) is 18.8 Å². The lowest BCUT2D eigenvalue weighted by molar-refractivity contribution is 0.0697. The molecule has 0 unspecified atom stereocenters. The number of nitrogens with two attached hydrogens (primary N) is 1. The van der Waals surface area contributed by atoms with Crippen LogP contribution in [0.25, 0.3) is 0 Å². The number of benzene rings is 1. The molecule has 1 aliphatic rings. The molecule has 78 valence electrons. The Balaban J connectivity index is 2.30. The smallest absolute Gasteiger partial charge is 0.335 e. The van der Waals surface area contributed by atoms with Crippen LogP contribution >= 0.6 is 0 Å². The van der Waals surface area contributed by atoms with Crippen LogP contribution in [0.4, 0.5) is 11.4 Å². The molecule has 0 spiro atoms. The second kappa shape index (κ2) is 3.65. The second-order valence-electron chi connectivity index (χ2n) is 3.46. The Labute approximate surface area is 87.6 Å². The molecule has 15 heavy (non-hydrogen) atoms. The molecule has 1 aliphatic heterocycles. The standard InChI is InChI=1S/C11H12N2O2/c12-9-7-8(11(14)15)3-4-10(9)13-5-1-2-6-13/h1-4,7H,5-6,12H2,(H,14,15). The van der Waals surface area contributed by atoms with Gasteiger partial charge in [0.25, 0.3) is 0 Å². The van der Waals surface area contributed by atoms with Crippen LogP contribution < -0.4 is 10.6 Å². The number of hydrogen-bond donors (Lipinski definition) is 2. The van der Waals surface area contributed by atoms with Crippen molar-refractivity contribution in [1.29, 1.82) is 0 Å². The van der Waals surface area contributed by atoms with Crippen molar-refractivity contribution in [3.8, 4) is 0 Å². The van der Waals surface area contributed by atoms with Gasteiger partial charge >= 0.3 is 5.97 Å². The molecule has 0 saturated heterocycles. The van der Waals surface area contributed by atoms with Crippen molar-refractivity contribution in [3.63, 3.8) is 0 Å². The van der Waals surface area contributed by atoms with E-state index in [1.807, 2.05) is 0 Å². The minimum Gasteiger partial charge on any atom is -0.478 e. The van der Waals surface area contributed by atoms with E-state index in [-0.39, 0.29) is 5.56 Å². The summed E-state index contributed by atoms with van der Waals surface area (Å²) in [6.45, 7) is 1.66. The van der Waals surface area contributed by atoms with Gasteiger partial charge in [0.05, 0.1) is 16.9 Å². The summed E-state index contributed by atoms with van der Waals surface area (Å²) < 4.78 is 0. The highest BCUT2D eigenvalue weighted by Gasteiger charge is 2.12. The first-order valence-electron chi connectivity index (χ1n) is 4.71. The van der Waals surface area contributed by atoms with Crippen LogP contribution in [0, 0.1) is 0 Å². The summed E-state index contributed by atoms with van der Waals surface area (Å²) in [6.07, 6.45) is 4.12. The van der Waals surface area contributed by atoms with E-state index in [1.165, 1.54) is 6.07 Å². The van der Waals surface area contributed by atoms with Crippen LogP contribution in [0.2, 0.25) is 0 Å². The Kier molecular flexibility index (Phi) is 2.33. The molecule has 0 amide bonds. The van der Waals surface area contributed by atoms with Crippen molar-refractivity contribution in [3.05, 3.63) is 35.9 Å². The SMILES string of the molecule is Nc1cc(C(=O)O)ccc1N1CC=CC1. The molecule has 0 aliphatic carbocycles. The molecular formula is C11H12N2O2. The first-order chi connectivity index (χ1) is 7.18. The number of nitrogens with zero attached hydrogens (tertiary/aromatic N) is 1. The van der Waals surface area contributed by atoms with Crippen molar-refractivity contribution in [2.45, 2.75) is 0 Å². The van der Waals surface area contributed by atoms with Gasteiger partial charge in [-0.15, -0.1) is 0 Å². The van der Waals surface area contributed by atoms with Gasteiger partial charge in [-0.05, 0) is 18.2 Å². The van der Waals surface area contributed by atoms with Crippen LogP contribution in [0.15, 0.2) is 30.4 Å². The van der Waals surface area contributed by atoms with Crippen LogP contribution in [0.1, 0.15) is 10.4 Å². The Morgan fingerprint density at radius 2 is 2.00 bits per heavy atom. The van der Waals surface area contributed by atoms with Crippen molar-refractivity contribution in [2.24, 2.45) is 0 Å². The van der Waals surface area contributed by atoms with Crippen LogP contribution in [0.5, 0.6) is 0 Å². The molecule has 2 rings (SSSR count). The molecule has 4 nitrogen and oxygen atoms in total. The zero-order chi connectivity index (χ0) is 10.8. The predicted octanol–water partition coefficient (Wildman–Crippen LogP) is 1.34. The fourth-order valence-electron chi connectivity index (χ4n) is 1.65. The van der Waals surface area contributed by atoms with Crippen molar-refractivity contribution >= 4 is 17.3 Å². The molecule has 0 saturated carbocycles. The van der Waals surface area contributed by atoms with Gasteiger partial charge in [0, 0.05) is 13.1 Å². The number of carbonyl (C=O) groups is 1. The first-order valence-corrected chi connectivity index (χ1v) is 4.71. The summed E-state index contributed by atoms with van der Waals surface area (Å²) in [5.74, 6) is -0.951.